The van der Waals surface area contributed by atoms with Crippen molar-refractivity contribution in [3.8, 4) is 5.75 Å². The molecule has 4 heteroatoms. The molecule has 2 atom stereocenters. The van der Waals surface area contributed by atoms with Gasteiger partial charge in [0.15, 0.2) is 0 Å². The zero-order valence-electron chi connectivity index (χ0n) is 9.84. The molecule has 0 spiro atoms. The quantitative estimate of drug-likeness (QED) is 0.810. The van der Waals surface area contributed by atoms with Gasteiger partial charge in [-0.05, 0) is 36.6 Å². The summed E-state index contributed by atoms with van der Waals surface area (Å²) >= 11 is 0. The second-order valence-electron chi connectivity index (χ2n) is 4.56. The Bertz CT molecular complexity index is 402. The first-order valence-corrected chi connectivity index (χ1v) is 5.84. The molecule has 92 valence electrons. The maximum Gasteiger partial charge on any atom is 0.254 e. The van der Waals surface area contributed by atoms with Crippen molar-refractivity contribution in [3.63, 3.8) is 0 Å². The van der Waals surface area contributed by atoms with Crippen LogP contribution >= 0.6 is 0 Å². The number of benzene rings is 1. The van der Waals surface area contributed by atoms with E-state index in [0.717, 1.165) is 6.42 Å². The molecule has 1 heterocycles. The first-order valence-electron chi connectivity index (χ1n) is 5.84. The highest BCUT2D eigenvalue weighted by Crippen LogP contribution is 2.25. The van der Waals surface area contributed by atoms with Gasteiger partial charge in [-0.1, -0.05) is 6.92 Å². The molecule has 0 bridgehead atoms. The lowest BCUT2D eigenvalue weighted by atomic mass is 10.0. The Kier molecular flexibility index (Phi) is 3.33. The highest BCUT2D eigenvalue weighted by Gasteiger charge is 2.34. The average molecular weight is 235 g/mol. The van der Waals surface area contributed by atoms with E-state index in [-0.39, 0.29) is 24.3 Å². The zero-order valence-corrected chi connectivity index (χ0v) is 9.84. The van der Waals surface area contributed by atoms with E-state index in [1.165, 1.54) is 12.1 Å². The number of amides is 1. The van der Waals surface area contributed by atoms with Gasteiger partial charge in [0.2, 0.25) is 0 Å². The predicted octanol–water partition coefficient (Wildman–Crippen LogP) is 1.24. The van der Waals surface area contributed by atoms with E-state index in [0.29, 0.717) is 18.0 Å². The van der Waals surface area contributed by atoms with Crippen LogP contribution in [0.25, 0.3) is 0 Å². The number of phenols is 1. The van der Waals surface area contributed by atoms with Crippen LogP contribution in [0, 0.1) is 5.92 Å². The Morgan fingerprint density at radius 2 is 2.06 bits per heavy atom. The normalized spacial score (nSPS) is 24.0. The van der Waals surface area contributed by atoms with Crippen molar-refractivity contribution in [1.29, 1.82) is 0 Å². The molecule has 2 rings (SSSR count). The first-order chi connectivity index (χ1) is 8.13. The van der Waals surface area contributed by atoms with E-state index < -0.39 is 0 Å². The molecule has 1 fully saturated rings. The van der Waals surface area contributed by atoms with E-state index >= 15 is 0 Å². The number of phenolic OH excluding ortho intramolecular Hbond substituents is 1. The standard InChI is InChI=1S/C13H17NO3/c1-9-6-7-14(12(9)8-15)13(17)10-2-4-11(16)5-3-10/h2-5,9,12,15-16H,6-8H2,1H3. The smallest absolute Gasteiger partial charge is 0.254 e. The number of nitrogens with zero attached hydrogens (tertiary/aromatic N) is 1. The molecule has 1 saturated heterocycles. The molecule has 2 unspecified atom stereocenters. The lowest BCUT2D eigenvalue weighted by Crippen LogP contribution is -2.39. The van der Waals surface area contributed by atoms with Crippen molar-refractivity contribution in [1.82, 2.24) is 4.90 Å². The first kappa shape index (κ1) is 11.9. The van der Waals surface area contributed by atoms with Crippen LogP contribution in [0.15, 0.2) is 24.3 Å². The van der Waals surface area contributed by atoms with Gasteiger partial charge < -0.3 is 15.1 Å². The molecular formula is C13H17NO3. The molecule has 0 radical (unpaired) electrons. The van der Waals surface area contributed by atoms with Crippen LogP contribution in [-0.2, 0) is 0 Å². The maximum atomic E-state index is 12.2. The van der Waals surface area contributed by atoms with E-state index in [9.17, 15) is 15.0 Å². The monoisotopic (exact) mass is 235 g/mol. The predicted molar refractivity (Wildman–Crippen MR) is 63.8 cm³/mol. The van der Waals surface area contributed by atoms with Gasteiger partial charge in [0.05, 0.1) is 12.6 Å². The fraction of sp³-hybridized carbons (Fsp3) is 0.462. The molecule has 1 aromatic carbocycles. The van der Waals surface area contributed by atoms with Gasteiger partial charge in [0.1, 0.15) is 5.75 Å². The lowest BCUT2D eigenvalue weighted by molar-refractivity contribution is 0.0648. The van der Waals surface area contributed by atoms with Gasteiger partial charge in [-0.3, -0.25) is 4.79 Å². The summed E-state index contributed by atoms with van der Waals surface area (Å²) in [4.78, 5) is 13.9. The SMILES string of the molecule is CC1CCN(C(=O)c2ccc(O)cc2)C1CO. The molecule has 0 aliphatic carbocycles. The molecule has 1 aromatic rings. The third-order valence-corrected chi connectivity index (χ3v) is 3.44. The largest absolute Gasteiger partial charge is 0.508 e. The zero-order chi connectivity index (χ0) is 12.4. The molecule has 4 nitrogen and oxygen atoms in total. The van der Waals surface area contributed by atoms with E-state index in [1.54, 1.807) is 17.0 Å². The molecule has 0 aromatic heterocycles. The Morgan fingerprint density at radius 3 is 2.65 bits per heavy atom. The van der Waals surface area contributed by atoms with Crippen molar-refractivity contribution in [2.45, 2.75) is 19.4 Å². The number of hydrogen-bond donors (Lipinski definition) is 2. The fourth-order valence-corrected chi connectivity index (χ4v) is 2.31. The van der Waals surface area contributed by atoms with Crippen molar-refractivity contribution in [2.75, 3.05) is 13.2 Å². The number of carbonyl (C=O) groups is 1. The topological polar surface area (TPSA) is 60.8 Å². The second-order valence-corrected chi connectivity index (χ2v) is 4.56. The van der Waals surface area contributed by atoms with Gasteiger partial charge >= 0.3 is 0 Å². The molecule has 2 N–H and O–H groups in total. The number of hydrogen-bond acceptors (Lipinski definition) is 3. The van der Waals surface area contributed by atoms with Crippen molar-refractivity contribution >= 4 is 5.91 Å². The highest BCUT2D eigenvalue weighted by atomic mass is 16.3. The number of aliphatic hydroxyl groups excluding tert-OH is 1. The molecule has 1 amide bonds. The van der Waals surface area contributed by atoms with Crippen LogP contribution in [0.5, 0.6) is 5.75 Å². The third-order valence-electron chi connectivity index (χ3n) is 3.44. The fourth-order valence-electron chi connectivity index (χ4n) is 2.31. The minimum atomic E-state index is -0.0868. The summed E-state index contributed by atoms with van der Waals surface area (Å²) in [5, 5.41) is 18.5. The van der Waals surface area contributed by atoms with Crippen LogP contribution in [0.3, 0.4) is 0 Å². The number of aromatic hydroxyl groups is 1. The Hall–Kier alpha value is -1.55. The summed E-state index contributed by atoms with van der Waals surface area (Å²) in [7, 11) is 0. The van der Waals surface area contributed by atoms with Gasteiger partial charge in [0.25, 0.3) is 5.91 Å². The van der Waals surface area contributed by atoms with Crippen LogP contribution in [0.2, 0.25) is 0 Å². The Balaban J connectivity index is 2.17. The third kappa shape index (κ3) is 2.26. The molecule has 17 heavy (non-hydrogen) atoms. The number of carbonyl (C=O) groups excluding carboxylic acids is 1. The maximum absolute atomic E-state index is 12.2. The van der Waals surface area contributed by atoms with Crippen LogP contribution < -0.4 is 0 Å². The lowest BCUT2D eigenvalue weighted by Gasteiger charge is -2.25. The van der Waals surface area contributed by atoms with Gasteiger partial charge in [0, 0.05) is 12.1 Å². The van der Waals surface area contributed by atoms with Crippen LogP contribution in [-0.4, -0.2) is 40.2 Å². The van der Waals surface area contributed by atoms with Crippen molar-refractivity contribution in [3.05, 3.63) is 29.8 Å². The van der Waals surface area contributed by atoms with E-state index in [1.807, 2.05) is 6.92 Å². The molecular weight excluding hydrogens is 218 g/mol. The van der Waals surface area contributed by atoms with Crippen LogP contribution in [0.4, 0.5) is 0 Å². The Labute approximate surface area is 100 Å². The van der Waals surface area contributed by atoms with Gasteiger partial charge in [-0.15, -0.1) is 0 Å². The van der Waals surface area contributed by atoms with Crippen molar-refractivity contribution in [2.24, 2.45) is 5.92 Å². The second kappa shape index (κ2) is 4.75. The summed E-state index contributed by atoms with van der Waals surface area (Å²) in [6, 6.07) is 6.13. The van der Waals surface area contributed by atoms with Gasteiger partial charge in [-0.25, -0.2) is 0 Å². The van der Waals surface area contributed by atoms with Gasteiger partial charge in [-0.2, -0.15) is 0 Å². The number of aliphatic hydroxyl groups is 1. The minimum absolute atomic E-state index is 0.00495. The summed E-state index contributed by atoms with van der Waals surface area (Å²) in [5.41, 5.74) is 0.551. The minimum Gasteiger partial charge on any atom is -0.508 e. The number of rotatable bonds is 2. The number of likely N-dealkylation sites (tertiary alicyclic amines) is 1. The summed E-state index contributed by atoms with van der Waals surface area (Å²) in [6.07, 6.45) is 0.926. The average Bonchev–Trinajstić information content (AvgIpc) is 2.70. The molecule has 0 saturated carbocycles. The van der Waals surface area contributed by atoms with E-state index in [4.69, 9.17) is 0 Å². The molecule has 1 aliphatic rings. The van der Waals surface area contributed by atoms with Crippen LogP contribution in [0.1, 0.15) is 23.7 Å². The highest BCUT2D eigenvalue weighted by molar-refractivity contribution is 5.94. The molecule has 1 aliphatic heterocycles. The summed E-state index contributed by atoms with van der Waals surface area (Å²) in [5.74, 6) is 0.407. The summed E-state index contributed by atoms with van der Waals surface area (Å²) < 4.78 is 0. The Morgan fingerprint density at radius 1 is 1.41 bits per heavy atom. The van der Waals surface area contributed by atoms with E-state index in [2.05, 4.69) is 0 Å². The summed E-state index contributed by atoms with van der Waals surface area (Å²) in [6.45, 7) is 2.74. The van der Waals surface area contributed by atoms with Crippen molar-refractivity contribution < 1.29 is 15.0 Å².